The number of phenolic OH excluding ortho intramolecular Hbond substituents is 1. The van der Waals surface area contributed by atoms with Crippen molar-refractivity contribution in [3.05, 3.63) is 58.1 Å². The first-order chi connectivity index (χ1) is 13.3. The first-order valence-electron chi connectivity index (χ1n) is 10.7. The summed E-state index contributed by atoms with van der Waals surface area (Å²) in [5, 5.41) is 12.2. The maximum atomic E-state index is 10.8. The Balaban J connectivity index is 1.94. The summed E-state index contributed by atoms with van der Waals surface area (Å²) in [6.07, 6.45) is 5.04. The quantitative estimate of drug-likeness (QED) is 0.611. The molecular formula is C25H36NOP. The Kier molecular flexibility index (Phi) is 6.84. The van der Waals surface area contributed by atoms with Crippen molar-refractivity contribution in [3.8, 4) is 5.75 Å². The fraction of sp³-hybridized carbons (Fsp3) is 0.520. The van der Waals surface area contributed by atoms with Crippen LogP contribution in [0.15, 0.2) is 30.3 Å². The molecule has 0 saturated carbocycles. The summed E-state index contributed by atoms with van der Waals surface area (Å²) in [5.41, 5.74) is 6.14. The topological polar surface area (TPSA) is 23.5 Å². The van der Waals surface area contributed by atoms with Gasteiger partial charge in [0.15, 0.2) is 0 Å². The van der Waals surface area contributed by atoms with Crippen LogP contribution in [0.5, 0.6) is 5.75 Å². The van der Waals surface area contributed by atoms with Gasteiger partial charge >= 0.3 is 0 Å². The third kappa shape index (κ3) is 4.78. The van der Waals surface area contributed by atoms with Crippen LogP contribution in [0.1, 0.15) is 67.3 Å². The Morgan fingerprint density at radius 2 is 1.71 bits per heavy atom. The molecule has 2 atom stereocenters. The zero-order valence-electron chi connectivity index (χ0n) is 18.2. The van der Waals surface area contributed by atoms with Gasteiger partial charge in [-0.2, -0.15) is 0 Å². The van der Waals surface area contributed by atoms with E-state index in [4.69, 9.17) is 0 Å². The second-order valence-electron chi connectivity index (χ2n) is 8.79. The molecule has 2 unspecified atom stereocenters. The Bertz CT molecular complexity index is 826. The smallest absolute Gasteiger partial charge is 0.122 e. The number of piperidine rings is 1. The van der Waals surface area contributed by atoms with Gasteiger partial charge in [-0.1, -0.05) is 70.3 Å². The molecule has 1 aliphatic rings. The number of phenols is 1. The molecule has 0 radical (unpaired) electrons. The first kappa shape index (κ1) is 21.3. The van der Waals surface area contributed by atoms with Crippen LogP contribution in [-0.4, -0.2) is 23.1 Å². The van der Waals surface area contributed by atoms with Gasteiger partial charge in [0.25, 0.3) is 0 Å². The number of benzene rings is 2. The van der Waals surface area contributed by atoms with Crippen molar-refractivity contribution in [1.82, 2.24) is 4.90 Å². The highest BCUT2D eigenvalue weighted by molar-refractivity contribution is 7.48. The minimum Gasteiger partial charge on any atom is -0.507 e. The van der Waals surface area contributed by atoms with Gasteiger partial charge in [-0.15, -0.1) is 0 Å². The third-order valence-electron chi connectivity index (χ3n) is 6.26. The average molecular weight is 398 g/mol. The fourth-order valence-corrected chi connectivity index (χ4v) is 5.93. The van der Waals surface area contributed by atoms with Crippen LogP contribution in [0, 0.1) is 20.8 Å². The summed E-state index contributed by atoms with van der Waals surface area (Å²) in [5.74, 6) is 0.479. The van der Waals surface area contributed by atoms with Crippen molar-refractivity contribution in [3.63, 3.8) is 0 Å². The lowest BCUT2D eigenvalue weighted by Crippen LogP contribution is -2.31. The maximum Gasteiger partial charge on any atom is 0.122 e. The summed E-state index contributed by atoms with van der Waals surface area (Å²) >= 11 is 0. The molecule has 0 aliphatic carbocycles. The molecule has 0 amide bonds. The van der Waals surface area contributed by atoms with Gasteiger partial charge in [-0.25, -0.2) is 0 Å². The van der Waals surface area contributed by atoms with E-state index in [9.17, 15) is 5.11 Å². The van der Waals surface area contributed by atoms with Gasteiger partial charge in [-0.05, 0) is 69.6 Å². The van der Waals surface area contributed by atoms with Gasteiger partial charge in [0, 0.05) is 17.3 Å². The van der Waals surface area contributed by atoms with Crippen LogP contribution >= 0.6 is 8.58 Å². The van der Waals surface area contributed by atoms with Gasteiger partial charge in [0.2, 0.25) is 0 Å². The fourth-order valence-electron chi connectivity index (χ4n) is 4.36. The molecule has 28 heavy (non-hydrogen) atoms. The molecule has 1 saturated heterocycles. The summed E-state index contributed by atoms with van der Waals surface area (Å²) in [7, 11) is 0.645. The second kappa shape index (κ2) is 8.97. The van der Waals surface area contributed by atoms with Gasteiger partial charge in [0.05, 0.1) is 0 Å². The molecule has 1 aliphatic heterocycles. The summed E-state index contributed by atoms with van der Waals surface area (Å²) in [6, 6.07) is 11.2. The molecule has 1 heterocycles. The zero-order valence-corrected chi connectivity index (χ0v) is 19.2. The third-order valence-corrected chi connectivity index (χ3v) is 8.19. The summed E-state index contributed by atoms with van der Waals surface area (Å²) in [6.45, 7) is 14.4. The maximum absolute atomic E-state index is 10.8. The standard InChI is InChI=1S/C25H36NOP/c1-6-25(5,22-16-19(3)14-20(4)24(22)27)28-23-11-10-18(2)15-21(23)17-26-12-8-7-9-13-26/h10-11,14-16,27-28H,6-9,12-13,17H2,1-5H3. The van der Waals surface area contributed by atoms with Crippen molar-refractivity contribution >= 4 is 13.9 Å². The van der Waals surface area contributed by atoms with Gasteiger partial charge < -0.3 is 5.11 Å². The highest BCUT2D eigenvalue weighted by Crippen LogP contribution is 2.48. The SMILES string of the molecule is CCC(C)(Pc1ccc(C)cc1CN1CCCCC1)c1cc(C)cc(C)c1O. The molecule has 0 spiro atoms. The Labute approximate surface area is 173 Å². The Morgan fingerprint density at radius 3 is 2.39 bits per heavy atom. The highest BCUT2D eigenvalue weighted by atomic mass is 31.1. The van der Waals surface area contributed by atoms with E-state index < -0.39 is 0 Å². The van der Waals surface area contributed by atoms with Crippen LogP contribution in [0.25, 0.3) is 0 Å². The van der Waals surface area contributed by atoms with Crippen molar-refractivity contribution in [2.75, 3.05) is 13.1 Å². The summed E-state index contributed by atoms with van der Waals surface area (Å²) < 4.78 is 0. The second-order valence-corrected chi connectivity index (χ2v) is 10.7. The number of hydrogen-bond donors (Lipinski definition) is 1. The molecule has 1 fully saturated rings. The number of likely N-dealkylation sites (tertiary alicyclic amines) is 1. The number of hydrogen-bond acceptors (Lipinski definition) is 2. The van der Waals surface area contributed by atoms with Crippen LogP contribution < -0.4 is 5.30 Å². The minimum atomic E-state index is -0.0488. The van der Waals surface area contributed by atoms with Crippen molar-refractivity contribution in [2.45, 2.75) is 72.0 Å². The predicted molar refractivity (Wildman–Crippen MR) is 123 cm³/mol. The predicted octanol–water partition coefficient (Wildman–Crippen LogP) is 5.93. The van der Waals surface area contributed by atoms with E-state index in [2.05, 4.69) is 62.9 Å². The molecule has 0 bridgehead atoms. The van der Waals surface area contributed by atoms with E-state index in [1.165, 1.54) is 54.3 Å². The molecule has 2 aromatic rings. The molecule has 3 heteroatoms. The molecule has 0 aromatic heterocycles. The van der Waals surface area contributed by atoms with Crippen LogP contribution in [0.2, 0.25) is 0 Å². The van der Waals surface area contributed by atoms with Crippen molar-refractivity contribution < 1.29 is 5.11 Å². The molecule has 2 aromatic carbocycles. The van der Waals surface area contributed by atoms with E-state index in [0.717, 1.165) is 24.1 Å². The van der Waals surface area contributed by atoms with Gasteiger partial charge in [0.1, 0.15) is 5.75 Å². The monoisotopic (exact) mass is 397 g/mol. The first-order valence-corrected chi connectivity index (χ1v) is 11.7. The zero-order chi connectivity index (χ0) is 20.3. The van der Waals surface area contributed by atoms with Crippen LogP contribution in [0.3, 0.4) is 0 Å². The van der Waals surface area contributed by atoms with Crippen LogP contribution in [0.4, 0.5) is 0 Å². The van der Waals surface area contributed by atoms with E-state index in [1.54, 1.807) is 0 Å². The molecular weight excluding hydrogens is 361 g/mol. The highest BCUT2D eigenvalue weighted by Gasteiger charge is 2.30. The van der Waals surface area contributed by atoms with Crippen LogP contribution in [-0.2, 0) is 11.7 Å². The number of aromatic hydroxyl groups is 1. The number of nitrogens with zero attached hydrogens (tertiary/aromatic N) is 1. The van der Waals surface area contributed by atoms with Crippen molar-refractivity contribution in [1.29, 1.82) is 0 Å². The lowest BCUT2D eigenvalue weighted by Gasteiger charge is -2.33. The molecule has 2 nitrogen and oxygen atoms in total. The van der Waals surface area contributed by atoms with E-state index in [-0.39, 0.29) is 5.16 Å². The van der Waals surface area contributed by atoms with E-state index >= 15 is 0 Å². The van der Waals surface area contributed by atoms with Crippen molar-refractivity contribution in [2.24, 2.45) is 0 Å². The largest absolute Gasteiger partial charge is 0.507 e. The lowest BCUT2D eigenvalue weighted by atomic mass is 9.93. The lowest BCUT2D eigenvalue weighted by molar-refractivity contribution is 0.221. The molecule has 152 valence electrons. The summed E-state index contributed by atoms with van der Waals surface area (Å²) in [4.78, 5) is 2.61. The number of aryl methyl sites for hydroxylation is 3. The Hall–Kier alpha value is -1.37. The van der Waals surface area contributed by atoms with E-state index in [1.807, 2.05) is 6.92 Å². The average Bonchev–Trinajstić information content (AvgIpc) is 2.67. The molecule has 1 N–H and O–H groups in total. The number of rotatable bonds is 6. The van der Waals surface area contributed by atoms with Gasteiger partial charge in [-0.3, -0.25) is 4.90 Å². The van der Waals surface area contributed by atoms with E-state index in [0.29, 0.717) is 14.3 Å². The Morgan fingerprint density at radius 1 is 1.00 bits per heavy atom. The minimum absolute atomic E-state index is 0.0488. The normalized spacial score (nSPS) is 17.9. The molecule has 3 rings (SSSR count).